The lowest BCUT2D eigenvalue weighted by Crippen LogP contribution is -2.02. The van der Waals surface area contributed by atoms with Gasteiger partial charge >= 0.3 is 0 Å². The molecule has 2 rings (SSSR count). The van der Waals surface area contributed by atoms with E-state index in [2.05, 4.69) is 6.07 Å². The van der Waals surface area contributed by atoms with Gasteiger partial charge in [-0.15, -0.1) is 11.3 Å². The van der Waals surface area contributed by atoms with E-state index in [9.17, 15) is 5.11 Å². The summed E-state index contributed by atoms with van der Waals surface area (Å²) in [6.45, 7) is 1.85. The fourth-order valence-electron chi connectivity index (χ4n) is 1.78. The Morgan fingerprint density at radius 3 is 3.08 bits per heavy atom. The molecule has 12 heavy (non-hydrogen) atoms. The predicted molar refractivity (Wildman–Crippen MR) is 51.7 cm³/mol. The van der Waals surface area contributed by atoms with Crippen molar-refractivity contribution in [3.05, 3.63) is 21.4 Å². The van der Waals surface area contributed by atoms with Crippen LogP contribution in [0.5, 0.6) is 0 Å². The van der Waals surface area contributed by atoms with Crippen LogP contribution in [0.2, 0.25) is 0 Å². The normalized spacial score (nSPS) is 17.8. The molecule has 0 fully saturated rings. The summed E-state index contributed by atoms with van der Waals surface area (Å²) in [7, 11) is 0. The Balaban J connectivity index is 2.15. The maximum Gasteiger partial charge on any atom is 0.0560 e. The van der Waals surface area contributed by atoms with E-state index in [1.165, 1.54) is 29.7 Å². The Kier molecular flexibility index (Phi) is 2.20. The molecule has 0 saturated carbocycles. The third-order valence-corrected chi connectivity index (χ3v) is 3.55. The average molecular weight is 182 g/mol. The van der Waals surface area contributed by atoms with Gasteiger partial charge in [-0.3, -0.25) is 0 Å². The first-order valence-electron chi connectivity index (χ1n) is 4.54. The number of aryl methyl sites for hydroxylation is 2. The van der Waals surface area contributed by atoms with Crippen molar-refractivity contribution in [2.24, 2.45) is 0 Å². The number of aliphatic hydroxyl groups is 1. The topological polar surface area (TPSA) is 20.2 Å². The van der Waals surface area contributed by atoms with Crippen LogP contribution in [0, 0.1) is 0 Å². The minimum Gasteiger partial charge on any atom is -0.393 e. The molecule has 2 heteroatoms. The van der Waals surface area contributed by atoms with Gasteiger partial charge in [0.25, 0.3) is 0 Å². The molecule has 0 amide bonds. The Hall–Kier alpha value is -0.340. The van der Waals surface area contributed by atoms with Gasteiger partial charge < -0.3 is 5.11 Å². The van der Waals surface area contributed by atoms with E-state index in [4.69, 9.17) is 0 Å². The third-order valence-electron chi connectivity index (χ3n) is 2.29. The lowest BCUT2D eigenvalue weighted by molar-refractivity contribution is 0.196. The summed E-state index contributed by atoms with van der Waals surface area (Å²) in [5, 5.41) is 9.20. The summed E-state index contributed by atoms with van der Waals surface area (Å²) in [5.41, 5.74) is 1.54. The summed E-state index contributed by atoms with van der Waals surface area (Å²) in [6.07, 6.45) is 4.49. The van der Waals surface area contributed by atoms with Gasteiger partial charge in [-0.25, -0.2) is 0 Å². The highest BCUT2D eigenvalue weighted by molar-refractivity contribution is 7.12. The Morgan fingerprint density at radius 1 is 1.58 bits per heavy atom. The molecule has 1 nitrogen and oxygen atoms in total. The molecule has 1 atom stereocenters. The Morgan fingerprint density at radius 2 is 2.42 bits per heavy atom. The number of hydrogen-bond donors (Lipinski definition) is 1. The van der Waals surface area contributed by atoms with Gasteiger partial charge in [0.15, 0.2) is 0 Å². The fraction of sp³-hybridized carbons (Fsp3) is 0.600. The molecule has 1 heterocycles. The molecule has 0 bridgehead atoms. The number of hydrogen-bond acceptors (Lipinski definition) is 2. The highest BCUT2D eigenvalue weighted by atomic mass is 32.1. The van der Waals surface area contributed by atoms with Crippen molar-refractivity contribution in [2.45, 2.75) is 38.7 Å². The van der Waals surface area contributed by atoms with Gasteiger partial charge in [-0.2, -0.15) is 0 Å². The highest BCUT2D eigenvalue weighted by Crippen LogP contribution is 2.31. The summed E-state index contributed by atoms with van der Waals surface area (Å²) in [6, 6.07) is 2.28. The van der Waals surface area contributed by atoms with Crippen molar-refractivity contribution in [1.82, 2.24) is 0 Å². The molecule has 0 aliphatic heterocycles. The maximum atomic E-state index is 9.20. The Labute approximate surface area is 77.0 Å². The van der Waals surface area contributed by atoms with Crippen LogP contribution in [0.4, 0.5) is 0 Å². The molecule has 0 saturated heterocycles. The molecule has 1 N–H and O–H groups in total. The fourth-order valence-corrected chi connectivity index (χ4v) is 3.16. The molecule has 0 spiro atoms. The van der Waals surface area contributed by atoms with Crippen LogP contribution in [0.3, 0.4) is 0 Å². The Bertz CT molecular complexity index is 254. The van der Waals surface area contributed by atoms with E-state index in [-0.39, 0.29) is 6.10 Å². The van der Waals surface area contributed by atoms with E-state index >= 15 is 0 Å². The van der Waals surface area contributed by atoms with Crippen molar-refractivity contribution in [3.8, 4) is 0 Å². The molecule has 1 aliphatic carbocycles. The zero-order valence-corrected chi connectivity index (χ0v) is 8.16. The van der Waals surface area contributed by atoms with Crippen LogP contribution in [0.25, 0.3) is 0 Å². The standard InChI is InChI=1S/C10H14OS/c1-7(11)5-9-6-8-3-2-4-10(8)12-9/h6-7,11H,2-5H2,1H3. The minimum absolute atomic E-state index is 0.191. The second kappa shape index (κ2) is 3.19. The smallest absolute Gasteiger partial charge is 0.0560 e. The highest BCUT2D eigenvalue weighted by Gasteiger charge is 2.14. The van der Waals surface area contributed by atoms with Crippen molar-refractivity contribution in [3.63, 3.8) is 0 Å². The summed E-state index contributed by atoms with van der Waals surface area (Å²) < 4.78 is 0. The molecule has 0 radical (unpaired) electrons. The predicted octanol–water partition coefficient (Wildman–Crippen LogP) is 2.16. The molecule has 1 unspecified atom stereocenters. The monoisotopic (exact) mass is 182 g/mol. The van der Waals surface area contributed by atoms with E-state index in [0.29, 0.717) is 0 Å². The number of fused-ring (bicyclic) bond motifs is 1. The van der Waals surface area contributed by atoms with E-state index < -0.39 is 0 Å². The van der Waals surface area contributed by atoms with Gasteiger partial charge in [0.05, 0.1) is 6.10 Å². The van der Waals surface area contributed by atoms with Crippen LogP contribution < -0.4 is 0 Å². The first kappa shape index (κ1) is 8.27. The van der Waals surface area contributed by atoms with Gasteiger partial charge in [-0.05, 0) is 37.8 Å². The van der Waals surface area contributed by atoms with Gasteiger partial charge in [0.1, 0.15) is 0 Å². The third kappa shape index (κ3) is 1.54. The first-order chi connectivity index (χ1) is 5.75. The number of aliphatic hydroxyl groups excluding tert-OH is 1. The lowest BCUT2D eigenvalue weighted by atomic mass is 10.2. The summed E-state index contributed by atoms with van der Waals surface area (Å²) >= 11 is 1.89. The van der Waals surface area contributed by atoms with Crippen molar-refractivity contribution < 1.29 is 5.11 Å². The van der Waals surface area contributed by atoms with Gasteiger partial charge in [0.2, 0.25) is 0 Å². The number of thiophene rings is 1. The molecule has 0 aromatic carbocycles. The zero-order valence-electron chi connectivity index (χ0n) is 7.34. The van der Waals surface area contributed by atoms with Gasteiger partial charge in [0, 0.05) is 16.2 Å². The largest absolute Gasteiger partial charge is 0.393 e. The summed E-state index contributed by atoms with van der Waals surface area (Å²) in [5.74, 6) is 0. The second-order valence-electron chi connectivity index (χ2n) is 3.57. The summed E-state index contributed by atoms with van der Waals surface area (Å²) in [4.78, 5) is 2.92. The van der Waals surface area contributed by atoms with Crippen LogP contribution in [0.15, 0.2) is 6.07 Å². The molecule has 1 aromatic rings. The van der Waals surface area contributed by atoms with Crippen LogP contribution in [-0.4, -0.2) is 11.2 Å². The minimum atomic E-state index is -0.191. The van der Waals surface area contributed by atoms with Crippen molar-refractivity contribution in [2.75, 3.05) is 0 Å². The maximum absolute atomic E-state index is 9.20. The van der Waals surface area contributed by atoms with Crippen molar-refractivity contribution >= 4 is 11.3 Å². The van der Waals surface area contributed by atoms with E-state index in [0.717, 1.165) is 6.42 Å². The van der Waals surface area contributed by atoms with Crippen LogP contribution in [0.1, 0.15) is 28.7 Å². The van der Waals surface area contributed by atoms with E-state index in [1.54, 1.807) is 4.88 Å². The first-order valence-corrected chi connectivity index (χ1v) is 5.36. The average Bonchev–Trinajstić information content (AvgIpc) is 2.43. The quantitative estimate of drug-likeness (QED) is 0.743. The van der Waals surface area contributed by atoms with Crippen LogP contribution in [-0.2, 0) is 19.3 Å². The number of rotatable bonds is 2. The molecule has 66 valence electrons. The van der Waals surface area contributed by atoms with Gasteiger partial charge in [-0.1, -0.05) is 0 Å². The second-order valence-corrected chi connectivity index (χ2v) is 4.79. The van der Waals surface area contributed by atoms with Crippen molar-refractivity contribution in [1.29, 1.82) is 0 Å². The van der Waals surface area contributed by atoms with Crippen LogP contribution >= 0.6 is 11.3 Å². The molecule has 1 aromatic heterocycles. The molecular weight excluding hydrogens is 168 g/mol. The zero-order chi connectivity index (χ0) is 8.55. The molecular formula is C10H14OS. The SMILES string of the molecule is CC(O)Cc1cc2c(s1)CCC2. The molecule has 1 aliphatic rings. The lowest BCUT2D eigenvalue weighted by Gasteiger charge is -1.99. The van der Waals surface area contributed by atoms with E-state index in [1.807, 2.05) is 18.3 Å².